The number of ether oxygens (including phenoxy) is 1. The molecule has 1 aliphatic rings. The summed E-state index contributed by atoms with van der Waals surface area (Å²) in [7, 11) is 1.76. The Hall–Kier alpha value is -0.0800. The molecule has 0 saturated carbocycles. The van der Waals surface area contributed by atoms with E-state index in [9.17, 15) is 0 Å². The molecule has 0 radical (unpaired) electrons. The summed E-state index contributed by atoms with van der Waals surface area (Å²) in [5, 5.41) is 0. The van der Waals surface area contributed by atoms with Gasteiger partial charge in [-0.2, -0.15) is 0 Å². The molecule has 9 heavy (non-hydrogen) atoms. The molecule has 2 heteroatoms. The SMILES string of the molecule is COCCCN1CC1C. The number of nitrogens with zero attached hydrogens (tertiary/aromatic N) is 1. The smallest absolute Gasteiger partial charge is 0.0474 e. The van der Waals surface area contributed by atoms with Gasteiger partial charge in [0.2, 0.25) is 0 Å². The molecular weight excluding hydrogens is 114 g/mol. The van der Waals surface area contributed by atoms with E-state index in [1.165, 1.54) is 19.5 Å². The summed E-state index contributed by atoms with van der Waals surface area (Å²) in [6.07, 6.45) is 1.18. The van der Waals surface area contributed by atoms with Gasteiger partial charge in [0.1, 0.15) is 0 Å². The first kappa shape index (κ1) is 7.03. The van der Waals surface area contributed by atoms with Gasteiger partial charge in [0.15, 0.2) is 0 Å². The van der Waals surface area contributed by atoms with Crippen LogP contribution in [0.25, 0.3) is 0 Å². The molecule has 0 aromatic carbocycles. The first-order chi connectivity index (χ1) is 4.34. The summed E-state index contributed by atoms with van der Waals surface area (Å²) in [5.41, 5.74) is 0. The molecule has 0 aromatic rings. The van der Waals surface area contributed by atoms with Crippen LogP contribution >= 0.6 is 0 Å². The number of hydrogen-bond acceptors (Lipinski definition) is 2. The van der Waals surface area contributed by atoms with Crippen LogP contribution in [0.1, 0.15) is 13.3 Å². The molecule has 0 aliphatic carbocycles. The minimum absolute atomic E-state index is 0.849. The maximum absolute atomic E-state index is 4.93. The highest BCUT2D eigenvalue weighted by Crippen LogP contribution is 2.15. The third kappa shape index (κ3) is 2.33. The van der Waals surface area contributed by atoms with Crippen LogP contribution in [0, 0.1) is 0 Å². The molecule has 1 heterocycles. The number of methoxy groups -OCH3 is 1. The zero-order chi connectivity index (χ0) is 6.69. The fourth-order valence-electron chi connectivity index (χ4n) is 1.02. The van der Waals surface area contributed by atoms with E-state index in [2.05, 4.69) is 11.8 Å². The van der Waals surface area contributed by atoms with Crippen LogP contribution in [0.5, 0.6) is 0 Å². The lowest BCUT2D eigenvalue weighted by atomic mass is 10.4. The van der Waals surface area contributed by atoms with E-state index in [1.807, 2.05) is 0 Å². The van der Waals surface area contributed by atoms with Crippen LogP contribution in [0.15, 0.2) is 0 Å². The van der Waals surface area contributed by atoms with Crippen LogP contribution in [0.3, 0.4) is 0 Å². The molecule has 0 bridgehead atoms. The fourth-order valence-corrected chi connectivity index (χ4v) is 1.02. The molecule has 0 amide bonds. The molecule has 0 aromatic heterocycles. The maximum Gasteiger partial charge on any atom is 0.0474 e. The van der Waals surface area contributed by atoms with Gasteiger partial charge < -0.3 is 4.74 Å². The Morgan fingerprint density at radius 3 is 2.78 bits per heavy atom. The molecule has 2 nitrogen and oxygen atoms in total. The van der Waals surface area contributed by atoms with E-state index >= 15 is 0 Å². The normalized spacial score (nSPS) is 32.7. The Kier molecular flexibility index (Phi) is 2.49. The highest BCUT2D eigenvalue weighted by molar-refractivity contribution is 4.83. The van der Waals surface area contributed by atoms with Gasteiger partial charge >= 0.3 is 0 Å². The lowest BCUT2D eigenvalue weighted by molar-refractivity contribution is 0.189. The van der Waals surface area contributed by atoms with Crippen molar-refractivity contribution < 1.29 is 4.74 Å². The number of hydrogen-bond donors (Lipinski definition) is 0. The van der Waals surface area contributed by atoms with E-state index in [-0.39, 0.29) is 0 Å². The third-order valence-electron chi connectivity index (χ3n) is 1.78. The Bertz CT molecular complexity index is 85.0. The largest absolute Gasteiger partial charge is 0.385 e. The summed E-state index contributed by atoms with van der Waals surface area (Å²) in [5.74, 6) is 0. The van der Waals surface area contributed by atoms with Crippen molar-refractivity contribution in [1.82, 2.24) is 4.90 Å². The van der Waals surface area contributed by atoms with Gasteiger partial charge in [-0.1, -0.05) is 0 Å². The quantitative estimate of drug-likeness (QED) is 0.410. The Balaban J connectivity index is 1.83. The van der Waals surface area contributed by atoms with Gasteiger partial charge in [-0.05, 0) is 13.3 Å². The topological polar surface area (TPSA) is 12.2 Å². The summed E-state index contributed by atoms with van der Waals surface area (Å²) >= 11 is 0. The van der Waals surface area contributed by atoms with Crippen LogP contribution in [-0.2, 0) is 4.74 Å². The Morgan fingerprint density at radius 2 is 2.33 bits per heavy atom. The van der Waals surface area contributed by atoms with Gasteiger partial charge in [-0.3, -0.25) is 4.90 Å². The summed E-state index contributed by atoms with van der Waals surface area (Å²) < 4.78 is 4.93. The molecule has 2 unspecified atom stereocenters. The first-order valence-electron chi connectivity index (χ1n) is 3.57. The van der Waals surface area contributed by atoms with Crippen molar-refractivity contribution in [2.24, 2.45) is 0 Å². The standard InChI is InChI=1S/C7H15NO/c1-7-6-8(7)4-3-5-9-2/h7H,3-6H2,1-2H3. The highest BCUT2D eigenvalue weighted by atomic mass is 16.5. The molecule has 2 atom stereocenters. The predicted molar refractivity (Wildman–Crippen MR) is 37.5 cm³/mol. The second kappa shape index (κ2) is 3.18. The molecule has 1 aliphatic heterocycles. The van der Waals surface area contributed by atoms with Crippen molar-refractivity contribution in [2.75, 3.05) is 26.8 Å². The van der Waals surface area contributed by atoms with Crippen molar-refractivity contribution in [3.63, 3.8) is 0 Å². The molecule has 1 fully saturated rings. The third-order valence-corrected chi connectivity index (χ3v) is 1.78. The van der Waals surface area contributed by atoms with Gasteiger partial charge in [-0.25, -0.2) is 0 Å². The lowest BCUT2D eigenvalue weighted by Gasteiger charge is -1.99. The average Bonchev–Trinajstić information content (AvgIpc) is 2.48. The highest BCUT2D eigenvalue weighted by Gasteiger charge is 2.27. The minimum atomic E-state index is 0.849. The molecule has 1 saturated heterocycles. The van der Waals surface area contributed by atoms with Gasteiger partial charge in [-0.15, -0.1) is 0 Å². The van der Waals surface area contributed by atoms with Crippen LogP contribution in [0.4, 0.5) is 0 Å². The molecule has 1 rings (SSSR count). The van der Waals surface area contributed by atoms with Gasteiger partial charge in [0.25, 0.3) is 0 Å². The van der Waals surface area contributed by atoms with Crippen LogP contribution < -0.4 is 0 Å². The minimum Gasteiger partial charge on any atom is -0.385 e. The fraction of sp³-hybridized carbons (Fsp3) is 1.00. The van der Waals surface area contributed by atoms with Crippen molar-refractivity contribution in [3.8, 4) is 0 Å². The monoisotopic (exact) mass is 129 g/mol. The first-order valence-corrected chi connectivity index (χ1v) is 3.57. The predicted octanol–water partition coefficient (Wildman–Crippen LogP) is 0.727. The molecule has 0 spiro atoms. The van der Waals surface area contributed by atoms with E-state index in [0.29, 0.717) is 0 Å². The van der Waals surface area contributed by atoms with Crippen molar-refractivity contribution in [1.29, 1.82) is 0 Å². The zero-order valence-electron chi connectivity index (χ0n) is 6.26. The summed E-state index contributed by atoms with van der Waals surface area (Å²) in [6.45, 7) is 5.68. The summed E-state index contributed by atoms with van der Waals surface area (Å²) in [6, 6.07) is 0.849. The van der Waals surface area contributed by atoms with Crippen molar-refractivity contribution in [3.05, 3.63) is 0 Å². The molecule has 54 valence electrons. The molecule has 0 N–H and O–H groups in total. The van der Waals surface area contributed by atoms with Gasteiger partial charge in [0.05, 0.1) is 0 Å². The van der Waals surface area contributed by atoms with E-state index in [1.54, 1.807) is 7.11 Å². The second-order valence-corrected chi connectivity index (χ2v) is 2.69. The van der Waals surface area contributed by atoms with Crippen molar-refractivity contribution in [2.45, 2.75) is 19.4 Å². The van der Waals surface area contributed by atoms with E-state index in [0.717, 1.165) is 12.6 Å². The number of rotatable bonds is 4. The lowest BCUT2D eigenvalue weighted by Crippen LogP contribution is -2.04. The zero-order valence-corrected chi connectivity index (χ0v) is 6.26. The van der Waals surface area contributed by atoms with Crippen molar-refractivity contribution >= 4 is 0 Å². The average molecular weight is 129 g/mol. The van der Waals surface area contributed by atoms with E-state index < -0.39 is 0 Å². The second-order valence-electron chi connectivity index (χ2n) is 2.69. The summed E-state index contributed by atoms with van der Waals surface area (Å²) in [4.78, 5) is 2.44. The molecular formula is C7H15NO. The Labute approximate surface area is 56.8 Å². The Morgan fingerprint density at radius 1 is 1.67 bits per heavy atom. The maximum atomic E-state index is 4.93. The van der Waals surface area contributed by atoms with Crippen LogP contribution in [-0.4, -0.2) is 37.7 Å². The van der Waals surface area contributed by atoms with Gasteiger partial charge in [0, 0.05) is 32.8 Å². The van der Waals surface area contributed by atoms with Crippen LogP contribution in [0.2, 0.25) is 0 Å². The van der Waals surface area contributed by atoms with E-state index in [4.69, 9.17) is 4.74 Å².